The number of rotatable bonds is 23. The fourth-order valence-corrected chi connectivity index (χ4v) is 4.81. The number of nitrogens with one attached hydrogen (secondary N) is 6. The van der Waals surface area contributed by atoms with Crippen LogP contribution in [0, 0.1) is 5.92 Å². The Labute approximate surface area is 327 Å². The fraction of sp³-hybridized carbons (Fsp3) is 0.526. The number of anilines is 1. The van der Waals surface area contributed by atoms with Crippen molar-refractivity contribution in [1.82, 2.24) is 26.6 Å². The van der Waals surface area contributed by atoms with Gasteiger partial charge in [0.25, 0.3) is 5.91 Å². The maximum atomic E-state index is 13.4. The van der Waals surface area contributed by atoms with Crippen LogP contribution in [0.4, 0.5) is 20.1 Å². The lowest BCUT2D eigenvalue weighted by atomic mass is 10.0. The lowest BCUT2D eigenvalue weighted by molar-refractivity contribution is -0.130. The topological polar surface area (TPSA) is 258 Å². The van der Waals surface area contributed by atoms with Gasteiger partial charge in [-0.1, -0.05) is 56.3 Å². The smallest absolute Gasteiger partial charge is 0.408 e. The van der Waals surface area contributed by atoms with Gasteiger partial charge in [-0.05, 0) is 62.8 Å². The first-order chi connectivity index (χ1) is 26.6. The third kappa shape index (κ3) is 19.7. The molecule has 56 heavy (non-hydrogen) atoms. The van der Waals surface area contributed by atoms with Crippen molar-refractivity contribution < 1.29 is 52.8 Å². The van der Waals surface area contributed by atoms with E-state index >= 15 is 0 Å². The molecule has 0 aliphatic heterocycles. The first-order valence-electron chi connectivity index (χ1n) is 18.4. The van der Waals surface area contributed by atoms with Crippen LogP contribution >= 0.6 is 0 Å². The minimum atomic E-state index is -1.50. The minimum Gasteiger partial charge on any atom is -0.445 e. The van der Waals surface area contributed by atoms with Crippen LogP contribution in [0.5, 0.6) is 0 Å². The van der Waals surface area contributed by atoms with Gasteiger partial charge >= 0.3 is 18.2 Å². The second kappa shape index (κ2) is 24.8. The zero-order valence-corrected chi connectivity index (χ0v) is 32.7. The molecule has 0 aliphatic carbocycles. The van der Waals surface area contributed by atoms with Crippen LogP contribution in [0.2, 0.25) is 0 Å². The van der Waals surface area contributed by atoms with Gasteiger partial charge < -0.3 is 61.7 Å². The summed E-state index contributed by atoms with van der Waals surface area (Å²) in [5.41, 5.74) is 5.92. The summed E-state index contributed by atoms with van der Waals surface area (Å²) < 4.78 is 21.2. The summed E-state index contributed by atoms with van der Waals surface area (Å²) in [7, 11) is 0. The quantitative estimate of drug-likeness (QED) is 0.0758. The Kier molecular flexibility index (Phi) is 20.7. The summed E-state index contributed by atoms with van der Waals surface area (Å²) in [5.74, 6) is -2.22. The van der Waals surface area contributed by atoms with Gasteiger partial charge in [0.1, 0.15) is 24.3 Å². The molecule has 0 bridgehead atoms. The molecule has 0 fully saturated rings. The Morgan fingerprint density at radius 3 is 1.95 bits per heavy atom. The molecule has 7 amide bonds. The standard InChI is InChI=1S/C38H57N7O11/c1-25(2)30(45-37(52)55-24-26-10-7-6-8-11-26)33(48)44-29(12-9-17-41-35(39)50)32(47)43-28-15-13-27(14-16-28)31(46)34(49)40-18-20-53-22-23-54-21-19-42-36(51)56-38(3,4)5/h6-8,10-11,13-16,25,29-31,46H,9,12,17-24H2,1-5H3,(H,40,49)(H,42,51)(H,43,47)(H,44,48)(H,45,52)(H3,39,41,50). The molecular weight excluding hydrogens is 730 g/mol. The second-order valence-electron chi connectivity index (χ2n) is 13.9. The largest absolute Gasteiger partial charge is 0.445 e. The lowest BCUT2D eigenvalue weighted by Crippen LogP contribution is -2.54. The van der Waals surface area contributed by atoms with E-state index in [0.29, 0.717) is 5.69 Å². The van der Waals surface area contributed by atoms with E-state index in [2.05, 4.69) is 31.9 Å². The number of carbonyl (C=O) groups excluding carboxylic acids is 6. The summed E-state index contributed by atoms with van der Waals surface area (Å²) in [6.45, 7) is 10.3. The molecule has 2 aromatic carbocycles. The highest BCUT2D eigenvalue weighted by atomic mass is 16.6. The van der Waals surface area contributed by atoms with Crippen molar-refractivity contribution in [3.05, 3.63) is 65.7 Å². The summed E-state index contributed by atoms with van der Waals surface area (Å²) in [4.78, 5) is 74.6. The number of alkyl carbamates (subject to hydrolysis) is 2. The Morgan fingerprint density at radius 1 is 0.732 bits per heavy atom. The van der Waals surface area contributed by atoms with Crippen LogP contribution < -0.4 is 37.6 Å². The van der Waals surface area contributed by atoms with Crippen molar-refractivity contribution >= 4 is 41.6 Å². The van der Waals surface area contributed by atoms with Crippen LogP contribution in [-0.2, 0) is 39.9 Å². The molecule has 18 heteroatoms. The highest BCUT2D eigenvalue weighted by molar-refractivity contribution is 5.98. The van der Waals surface area contributed by atoms with Gasteiger partial charge in [0.2, 0.25) is 11.8 Å². The molecule has 9 N–H and O–H groups in total. The molecule has 2 rings (SSSR count). The molecule has 2 aromatic rings. The zero-order valence-electron chi connectivity index (χ0n) is 32.7. The molecule has 310 valence electrons. The summed E-state index contributed by atoms with van der Waals surface area (Å²) >= 11 is 0. The molecule has 0 saturated carbocycles. The van der Waals surface area contributed by atoms with Crippen LogP contribution in [0.25, 0.3) is 0 Å². The van der Waals surface area contributed by atoms with Crippen molar-refractivity contribution in [2.45, 2.75) is 77.9 Å². The molecule has 0 heterocycles. The molecule has 3 atom stereocenters. The van der Waals surface area contributed by atoms with E-state index in [9.17, 15) is 33.9 Å². The first kappa shape index (κ1) is 46.7. The number of urea groups is 1. The van der Waals surface area contributed by atoms with Crippen molar-refractivity contribution in [3.8, 4) is 0 Å². The Bertz CT molecular complexity index is 1540. The third-order valence-corrected chi connectivity index (χ3v) is 7.61. The minimum absolute atomic E-state index is 0.00387. The number of nitrogens with two attached hydrogens (primary N) is 1. The predicted octanol–water partition coefficient (Wildman–Crippen LogP) is 2.22. The number of hydrogen-bond acceptors (Lipinski definition) is 11. The van der Waals surface area contributed by atoms with E-state index in [-0.39, 0.29) is 77.0 Å². The number of carbonyl (C=O) groups is 6. The summed E-state index contributed by atoms with van der Waals surface area (Å²) in [5, 5.41) is 26.1. The fourth-order valence-electron chi connectivity index (χ4n) is 4.81. The summed E-state index contributed by atoms with van der Waals surface area (Å²) in [6, 6.07) is 12.1. The van der Waals surface area contributed by atoms with Crippen LogP contribution in [0.15, 0.2) is 54.6 Å². The van der Waals surface area contributed by atoms with Gasteiger partial charge in [0, 0.05) is 25.3 Å². The van der Waals surface area contributed by atoms with Crippen molar-refractivity contribution in [2.75, 3.05) is 51.4 Å². The average molecular weight is 788 g/mol. The van der Waals surface area contributed by atoms with E-state index in [1.54, 1.807) is 46.8 Å². The van der Waals surface area contributed by atoms with Gasteiger partial charge in [0.15, 0.2) is 6.10 Å². The average Bonchev–Trinajstić information content (AvgIpc) is 3.14. The van der Waals surface area contributed by atoms with E-state index in [1.165, 1.54) is 24.3 Å². The zero-order chi connectivity index (χ0) is 41.5. The van der Waals surface area contributed by atoms with Crippen molar-refractivity contribution in [2.24, 2.45) is 11.7 Å². The molecule has 0 spiro atoms. The highest BCUT2D eigenvalue weighted by Crippen LogP contribution is 2.17. The molecule has 0 aromatic heterocycles. The Morgan fingerprint density at radius 2 is 1.36 bits per heavy atom. The molecular formula is C38H57N7O11. The number of primary amides is 1. The van der Waals surface area contributed by atoms with E-state index in [0.717, 1.165) is 5.56 Å². The number of aliphatic hydroxyl groups is 1. The number of hydrogen-bond donors (Lipinski definition) is 8. The number of aliphatic hydroxyl groups excluding tert-OH is 1. The van der Waals surface area contributed by atoms with Crippen molar-refractivity contribution in [3.63, 3.8) is 0 Å². The normalized spacial score (nSPS) is 12.7. The van der Waals surface area contributed by atoms with Gasteiger partial charge in [0.05, 0.1) is 26.4 Å². The highest BCUT2D eigenvalue weighted by Gasteiger charge is 2.29. The number of amides is 7. The van der Waals surface area contributed by atoms with Gasteiger partial charge in [-0.25, -0.2) is 14.4 Å². The maximum Gasteiger partial charge on any atom is 0.408 e. The number of benzene rings is 2. The van der Waals surface area contributed by atoms with Crippen LogP contribution in [-0.4, -0.2) is 105 Å². The SMILES string of the molecule is CC(C)C(NC(=O)OCc1ccccc1)C(=O)NC(CCCNC(N)=O)C(=O)Nc1ccc(C(O)C(=O)NCCOCCOCCNC(=O)OC(C)(C)C)cc1. The van der Waals surface area contributed by atoms with Gasteiger partial charge in [-0.15, -0.1) is 0 Å². The molecule has 0 aliphatic rings. The number of ether oxygens (including phenoxy) is 4. The second-order valence-corrected chi connectivity index (χ2v) is 13.9. The third-order valence-electron chi connectivity index (χ3n) is 7.61. The lowest BCUT2D eigenvalue weighted by Gasteiger charge is -2.25. The van der Waals surface area contributed by atoms with E-state index < -0.39 is 59.7 Å². The summed E-state index contributed by atoms with van der Waals surface area (Å²) in [6.07, 6.45) is -2.43. The Hall–Kier alpha value is -5.46. The molecule has 18 nitrogen and oxygen atoms in total. The molecule has 3 unspecified atom stereocenters. The Balaban J connectivity index is 1.84. The monoisotopic (exact) mass is 787 g/mol. The predicted molar refractivity (Wildman–Crippen MR) is 206 cm³/mol. The van der Waals surface area contributed by atoms with E-state index in [4.69, 9.17) is 24.7 Å². The van der Waals surface area contributed by atoms with E-state index in [1.807, 2.05) is 18.2 Å². The van der Waals surface area contributed by atoms with Crippen molar-refractivity contribution in [1.29, 1.82) is 0 Å². The molecule has 0 saturated heterocycles. The van der Waals surface area contributed by atoms with Crippen LogP contribution in [0.1, 0.15) is 64.7 Å². The van der Waals surface area contributed by atoms with Gasteiger partial charge in [-0.2, -0.15) is 0 Å². The first-order valence-corrected chi connectivity index (χ1v) is 18.4. The maximum absolute atomic E-state index is 13.4. The van der Waals surface area contributed by atoms with Gasteiger partial charge in [-0.3, -0.25) is 14.4 Å². The molecule has 0 radical (unpaired) electrons. The van der Waals surface area contributed by atoms with Crippen LogP contribution in [0.3, 0.4) is 0 Å².